The number of nitrogens with zero attached hydrogens (tertiary/aromatic N) is 1. The molecule has 0 bridgehead atoms. The van der Waals surface area contributed by atoms with Crippen molar-refractivity contribution in [2.45, 2.75) is 45.7 Å². The molecule has 2 amide bonds. The Morgan fingerprint density at radius 2 is 2.10 bits per heavy atom. The molecule has 2 unspecified atom stereocenters. The van der Waals surface area contributed by atoms with E-state index in [1.165, 1.54) is 0 Å². The van der Waals surface area contributed by atoms with E-state index in [9.17, 15) is 9.59 Å². The Morgan fingerprint density at radius 1 is 1.40 bits per heavy atom. The van der Waals surface area contributed by atoms with Gasteiger partial charge >= 0.3 is 0 Å². The number of piperazine rings is 1. The van der Waals surface area contributed by atoms with Gasteiger partial charge in [0.05, 0.1) is 13.2 Å². The van der Waals surface area contributed by atoms with Crippen LogP contribution in [0.2, 0.25) is 0 Å². The van der Waals surface area contributed by atoms with Gasteiger partial charge < -0.3 is 15.0 Å². The predicted octanol–water partition coefficient (Wildman–Crippen LogP) is 1.34. The minimum Gasteiger partial charge on any atom is -0.379 e. The van der Waals surface area contributed by atoms with Crippen molar-refractivity contribution in [2.75, 3.05) is 19.8 Å². The molecule has 0 aromatic heterocycles. The minimum absolute atomic E-state index is 0.00174. The molecule has 1 aliphatic rings. The number of hydrogen-bond acceptors (Lipinski definition) is 3. The van der Waals surface area contributed by atoms with Gasteiger partial charge in [0.25, 0.3) is 0 Å². The maximum absolute atomic E-state index is 12.4. The number of rotatable bonds is 8. The van der Waals surface area contributed by atoms with E-state index in [1.54, 1.807) is 17.9 Å². The molecule has 1 fully saturated rings. The van der Waals surface area contributed by atoms with Crippen molar-refractivity contribution in [1.29, 1.82) is 0 Å². The summed E-state index contributed by atoms with van der Waals surface area (Å²) in [6.07, 6.45) is 3.26. The van der Waals surface area contributed by atoms with Crippen LogP contribution in [0.5, 0.6) is 0 Å². The van der Waals surface area contributed by atoms with Gasteiger partial charge in [0.15, 0.2) is 0 Å². The molecule has 1 rings (SSSR count). The fourth-order valence-corrected chi connectivity index (χ4v) is 2.25. The van der Waals surface area contributed by atoms with Crippen molar-refractivity contribution < 1.29 is 14.3 Å². The molecule has 0 aromatic carbocycles. The molecule has 20 heavy (non-hydrogen) atoms. The SMILES string of the molecule is C=CCCOCCN1C(=O)C(CC(C)C)NC(=O)C1C. The number of nitrogens with one attached hydrogen (secondary N) is 1. The predicted molar refractivity (Wildman–Crippen MR) is 78.2 cm³/mol. The topological polar surface area (TPSA) is 58.6 Å². The first-order chi connectivity index (χ1) is 9.47. The third-order valence-electron chi connectivity index (χ3n) is 3.39. The van der Waals surface area contributed by atoms with E-state index in [0.29, 0.717) is 32.1 Å². The first kappa shape index (κ1) is 16.7. The van der Waals surface area contributed by atoms with Crippen LogP contribution in [0.3, 0.4) is 0 Å². The summed E-state index contributed by atoms with van der Waals surface area (Å²) in [5.74, 6) is 0.280. The molecule has 2 atom stereocenters. The van der Waals surface area contributed by atoms with Crippen molar-refractivity contribution in [2.24, 2.45) is 5.92 Å². The van der Waals surface area contributed by atoms with E-state index in [2.05, 4.69) is 11.9 Å². The first-order valence-corrected chi connectivity index (χ1v) is 7.26. The molecule has 114 valence electrons. The molecular weight excluding hydrogens is 256 g/mol. The Balaban J connectivity index is 2.54. The lowest BCUT2D eigenvalue weighted by atomic mass is 9.99. The van der Waals surface area contributed by atoms with E-state index >= 15 is 0 Å². The second-order valence-electron chi connectivity index (χ2n) is 5.59. The molecule has 5 heteroatoms. The van der Waals surface area contributed by atoms with Gasteiger partial charge in [-0.1, -0.05) is 19.9 Å². The van der Waals surface area contributed by atoms with E-state index in [0.717, 1.165) is 6.42 Å². The average Bonchev–Trinajstić information content (AvgIpc) is 2.38. The lowest BCUT2D eigenvalue weighted by Crippen LogP contribution is -2.63. The van der Waals surface area contributed by atoms with Gasteiger partial charge in [-0.15, -0.1) is 6.58 Å². The molecule has 0 aromatic rings. The second-order valence-corrected chi connectivity index (χ2v) is 5.59. The van der Waals surface area contributed by atoms with Crippen LogP contribution in [0.25, 0.3) is 0 Å². The lowest BCUT2D eigenvalue weighted by molar-refractivity contribution is -0.149. The van der Waals surface area contributed by atoms with Crippen molar-refractivity contribution in [3.63, 3.8) is 0 Å². The minimum atomic E-state index is -0.422. The third kappa shape index (κ3) is 4.63. The number of carbonyl (C=O) groups is 2. The van der Waals surface area contributed by atoms with Gasteiger partial charge in [-0.25, -0.2) is 0 Å². The van der Waals surface area contributed by atoms with Gasteiger partial charge in [-0.3, -0.25) is 9.59 Å². The van der Waals surface area contributed by atoms with Crippen LogP contribution in [-0.4, -0.2) is 48.6 Å². The summed E-state index contributed by atoms with van der Waals surface area (Å²) < 4.78 is 5.43. The fraction of sp³-hybridized carbons (Fsp3) is 0.733. The molecule has 1 N–H and O–H groups in total. The van der Waals surface area contributed by atoms with Gasteiger partial charge in [0.2, 0.25) is 11.8 Å². The Bertz CT molecular complexity index is 355. The van der Waals surface area contributed by atoms with E-state index < -0.39 is 12.1 Å². The number of hydrogen-bond donors (Lipinski definition) is 1. The highest BCUT2D eigenvalue weighted by Crippen LogP contribution is 2.15. The summed E-state index contributed by atoms with van der Waals surface area (Å²) >= 11 is 0. The molecule has 1 aliphatic heterocycles. The van der Waals surface area contributed by atoms with Crippen LogP contribution < -0.4 is 5.32 Å². The normalized spacial score (nSPS) is 23.1. The van der Waals surface area contributed by atoms with Crippen molar-refractivity contribution in [3.05, 3.63) is 12.7 Å². The van der Waals surface area contributed by atoms with E-state index in [-0.39, 0.29) is 11.8 Å². The van der Waals surface area contributed by atoms with Crippen LogP contribution in [0.4, 0.5) is 0 Å². The van der Waals surface area contributed by atoms with E-state index in [4.69, 9.17) is 4.74 Å². The monoisotopic (exact) mass is 282 g/mol. The Hall–Kier alpha value is -1.36. The third-order valence-corrected chi connectivity index (χ3v) is 3.39. The average molecular weight is 282 g/mol. The molecule has 0 aliphatic carbocycles. The largest absolute Gasteiger partial charge is 0.379 e. The standard InChI is InChI=1S/C15H26N2O3/c1-5-6-8-20-9-7-17-12(4)14(18)16-13(15(17)19)10-11(2)3/h5,11-13H,1,6-10H2,2-4H3,(H,16,18). The smallest absolute Gasteiger partial charge is 0.245 e. The molecule has 0 saturated carbocycles. The zero-order valence-corrected chi connectivity index (χ0v) is 12.7. The highest BCUT2D eigenvalue weighted by Gasteiger charge is 2.37. The van der Waals surface area contributed by atoms with Gasteiger partial charge in [-0.2, -0.15) is 0 Å². The lowest BCUT2D eigenvalue weighted by Gasteiger charge is -2.37. The van der Waals surface area contributed by atoms with Crippen LogP contribution in [0, 0.1) is 5.92 Å². The number of amides is 2. The van der Waals surface area contributed by atoms with Gasteiger partial charge in [0.1, 0.15) is 12.1 Å². The van der Waals surface area contributed by atoms with Crippen LogP contribution in [0.15, 0.2) is 12.7 Å². The number of ether oxygens (including phenoxy) is 1. The molecule has 1 heterocycles. The highest BCUT2D eigenvalue weighted by molar-refractivity contribution is 5.96. The van der Waals surface area contributed by atoms with Gasteiger partial charge in [-0.05, 0) is 25.7 Å². The van der Waals surface area contributed by atoms with Crippen LogP contribution in [-0.2, 0) is 14.3 Å². The summed E-state index contributed by atoms with van der Waals surface area (Å²) in [7, 11) is 0. The Kier molecular flexibility index (Phi) is 6.71. The summed E-state index contributed by atoms with van der Waals surface area (Å²) in [5, 5.41) is 2.80. The van der Waals surface area contributed by atoms with Crippen LogP contribution in [0.1, 0.15) is 33.6 Å². The summed E-state index contributed by atoms with van der Waals surface area (Å²) in [6, 6.07) is -0.819. The maximum Gasteiger partial charge on any atom is 0.245 e. The molecule has 0 spiro atoms. The zero-order valence-electron chi connectivity index (χ0n) is 12.7. The second kappa shape index (κ2) is 8.04. The number of carbonyl (C=O) groups excluding carboxylic acids is 2. The van der Waals surface area contributed by atoms with Crippen molar-refractivity contribution >= 4 is 11.8 Å². The zero-order chi connectivity index (χ0) is 15.1. The first-order valence-electron chi connectivity index (χ1n) is 7.26. The molecule has 1 saturated heterocycles. The summed E-state index contributed by atoms with van der Waals surface area (Å²) in [4.78, 5) is 25.9. The Morgan fingerprint density at radius 3 is 2.70 bits per heavy atom. The summed E-state index contributed by atoms with van der Waals surface area (Å²) in [6.45, 7) is 11.0. The molecule has 0 radical (unpaired) electrons. The Labute approximate surface area is 121 Å². The molecular formula is C15H26N2O3. The van der Waals surface area contributed by atoms with Crippen LogP contribution >= 0.6 is 0 Å². The quantitative estimate of drug-likeness (QED) is 0.540. The summed E-state index contributed by atoms with van der Waals surface area (Å²) in [5.41, 5.74) is 0. The van der Waals surface area contributed by atoms with Gasteiger partial charge in [0, 0.05) is 6.54 Å². The molecule has 5 nitrogen and oxygen atoms in total. The maximum atomic E-state index is 12.4. The fourth-order valence-electron chi connectivity index (χ4n) is 2.25. The van der Waals surface area contributed by atoms with Crippen molar-refractivity contribution in [3.8, 4) is 0 Å². The highest BCUT2D eigenvalue weighted by atomic mass is 16.5. The van der Waals surface area contributed by atoms with Crippen molar-refractivity contribution in [1.82, 2.24) is 10.2 Å². The van der Waals surface area contributed by atoms with E-state index in [1.807, 2.05) is 13.8 Å².